The normalized spacial score (nSPS) is 10.9. The average Bonchev–Trinajstić information content (AvgIpc) is 2.90. The van der Waals surface area contributed by atoms with Crippen LogP contribution in [0.1, 0.15) is 55.1 Å². The van der Waals surface area contributed by atoms with Gasteiger partial charge in [-0.25, -0.2) is 4.79 Å². The van der Waals surface area contributed by atoms with Gasteiger partial charge in [0.05, 0.1) is 6.61 Å². The van der Waals surface area contributed by atoms with E-state index in [9.17, 15) is 4.79 Å². The summed E-state index contributed by atoms with van der Waals surface area (Å²) in [4.78, 5) is 11.3. The van der Waals surface area contributed by atoms with Crippen LogP contribution in [0, 0.1) is 0 Å². The van der Waals surface area contributed by atoms with Crippen molar-refractivity contribution in [1.29, 1.82) is 0 Å². The van der Waals surface area contributed by atoms with Crippen molar-refractivity contribution in [2.24, 2.45) is 0 Å². The van der Waals surface area contributed by atoms with Gasteiger partial charge in [0.1, 0.15) is 10.6 Å². The number of carbonyl (C=O) groups is 1. The highest BCUT2D eigenvalue weighted by molar-refractivity contribution is 7.20. The number of benzene rings is 1. The summed E-state index contributed by atoms with van der Waals surface area (Å²) in [5.41, 5.74) is 0. The molecular weight excluding hydrogens is 284 g/mol. The Hall–Kier alpha value is -1.55. The molecule has 0 atom stereocenters. The SMILES string of the molecule is CCCCCCCCOc1ccc2sc(C(=O)O)cc2c1. The Labute approximate surface area is 129 Å². The van der Waals surface area contributed by atoms with Crippen LogP contribution in [0.15, 0.2) is 24.3 Å². The molecule has 4 heteroatoms. The maximum atomic E-state index is 11.0. The van der Waals surface area contributed by atoms with Crippen molar-refractivity contribution < 1.29 is 14.6 Å². The maximum absolute atomic E-state index is 11.0. The summed E-state index contributed by atoms with van der Waals surface area (Å²) in [6.07, 6.45) is 7.48. The lowest BCUT2D eigenvalue weighted by molar-refractivity contribution is 0.0702. The minimum absolute atomic E-state index is 0.373. The molecule has 0 radical (unpaired) electrons. The summed E-state index contributed by atoms with van der Waals surface area (Å²) >= 11 is 1.30. The molecule has 0 fully saturated rings. The summed E-state index contributed by atoms with van der Waals surface area (Å²) in [7, 11) is 0. The highest BCUT2D eigenvalue weighted by Gasteiger charge is 2.08. The van der Waals surface area contributed by atoms with E-state index in [1.807, 2.05) is 18.2 Å². The van der Waals surface area contributed by atoms with E-state index < -0.39 is 5.97 Å². The summed E-state index contributed by atoms with van der Waals surface area (Å²) in [6.45, 7) is 2.95. The summed E-state index contributed by atoms with van der Waals surface area (Å²) < 4.78 is 6.73. The van der Waals surface area contributed by atoms with Crippen LogP contribution in [-0.2, 0) is 0 Å². The summed E-state index contributed by atoms with van der Waals surface area (Å²) in [5, 5.41) is 9.94. The average molecular weight is 306 g/mol. The van der Waals surface area contributed by atoms with Crippen molar-refractivity contribution in [3.63, 3.8) is 0 Å². The van der Waals surface area contributed by atoms with Crippen LogP contribution in [0.5, 0.6) is 5.75 Å². The Morgan fingerprint density at radius 1 is 1.14 bits per heavy atom. The zero-order valence-electron chi connectivity index (χ0n) is 12.4. The van der Waals surface area contributed by atoms with Crippen molar-refractivity contribution >= 4 is 27.4 Å². The van der Waals surface area contributed by atoms with Gasteiger partial charge in [0.15, 0.2) is 0 Å². The maximum Gasteiger partial charge on any atom is 0.345 e. The van der Waals surface area contributed by atoms with Gasteiger partial charge in [0, 0.05) is 4.70 Å². The number of rotatable bonds is 9. The van der Waals surface area contributed by atoms with Crippen LogP contribution in [0.4, 0.5) is 0 Å². The first-order valence-electron chi connectivity index (χ1n) is 7.60. The zero-order chi connectivity index (χ0) is 15.1. The molecule has 0 saturated carbocycles. The van der Waals surface area contributed by atoms with E-state index >= 15 is 0 Å². The number of carboxylic acid groups (broad SMARTS) is 1. The molecule has 0 unspecified atom stereocenters. The number of unbranched alkanes of at least 4 members (excludes halogenated alkanes) is 5. The van der Waals surface area contributed by atoms with Crippen LogP contribution in [0.2, 0.25) is 0 Å². The second-order valence-electron chi connectivity index (χ2n) is 5.23. The molecule has 1 N–H and O–H groups in total. The van der Waals surface area contributed by atoms with E-state index in [2.05, 4.69) is 6.92 Å². The number of thiophene rings is 1. The van der Waals surface area contributed by atoms with Crippen LogP contribution in [-0.4, -0.2) is 17.7 Å². The topological polar surface area (TPSA) is 46.5 Å². The molecule has 0 amide bonds. The van der Waals surface area contributed by atoms with E-state index in [0.29, 0.717) is 4.88 Å². The minimum Gasteiger partial charge on any atom is -0.494 e. The Balaban J connectivity index is 1.81. The lowest BCUT2D eigenvalue weighted by atomic mass is 10.1. The number of ether oxygens (including phenoxy) is 1. The van der Waals surface area contributed by atoms with E-state index in [4.69, 9.17) is 9.84 Å². The van der Waals surface area contributed by atoms with Gasteiger partial charge in [0.2, 0.25) is 0 Å². The van der Waals surface area contributed by atoms with Crippen molar-refractivity contribution in [2.75, 3.05) is 6.61 Å². The molecule has 0 aliphatic heterocycles. The van der Waals surface area contributed by atoms with E-state index in [-0.39, 0.29) is 0 Å². The van der Waals surface area contributed by atoms with Gasteiger partial charge in [-0.2, -0.15) is 0 Å². The van der Waals surface area contributed by atoms with Crippen LogP contribution < -0.4 is 4.74 Å². The second-order valence-corrected chi connectivity index (χ2v) is 6.32. The number of carboxylic acids is 1. The summed E-state index contributed by atoms with van der Waals surface area (Å²) in [5.74, 6) is -0.0449. The fraction of sp³-hybridized carbons (Fsp3) is 0.471. The molecule has 0 bridgehead atoms. The molecule has 21 heavy (non-hydrogen) atoms. The second kappa shape index (κ2) is 8.03. The lowest BCUT2D eigenvalue weighted by Crippen LogP contribution is -1.97. The fourth-order valence-corrected chi connectivity index (χ4v) is 3.17. The van der Waals surface area contributed by atoms with Crippen LogP contribution in [0.25, 0.3) is 10.1 Å². The molecule has 1 aromatic carbocycles. The molecule has 2 aromatic rings. The predicted octanol–water partition coefficient (Wildman–Crippen LogP) is 5.34. The molecular formula is C17H22O3S. The highest BCUT2D eigenvalue weighted by atomic mass is 32.1. The number of hydrogen-bond acceptors (Lipinski definition) is 3. The third-order valence-corrected chi connectivity index (χ3v) is 4.57. The van der Waals surface area contributed by atoms with Gasteiger partial charge < -0.3 is 9.84 Å². The van der Waals surface area contributed by atoms with Gasteiger partial charge >= 0.3 is 5.97 Å². The first-order chi connectivity index (χ1) is 10.2. The van der Waals surface area contributed by atoms with Crippen molar-refractivity contribution in [3.05, 3.63) is 29.1 Å². The number of aromatic carboxylic acids is 1. The van der Waals surface area contributed by atoms with Gasteiger partial charge in [-0.1, -0.05) is 39.0 Å². The first-order valence-corrected chi connectivity index (χ1v) is 8.42. The molecule has 0 spiro atoms. The Kier molecular flexibility index (Phi) is 6.05. The lowest BCUT2D eigenvalue weighted by Gasteiger charge is -2.06. The minimum atomic E-state index is -0.870. The molecule has 0 aliphatic carbocycles. The smallest absolute Gasteiger partial charge is 0.345 e. The molecule has 0 aliphatic rings. The Morgan fingerprint density at radius 3 is 2.67 bits per heavy atom. The molecule has 1 heterocycles. The third kappa shape index (κ3) is 4.74. The van der Waals surface area contributed by atoms with E-state index in [1.165, 1.54) is 43.4 Å². The Morgan fingerprint density at radius 2 is 1.90 bits per heavy atom. The molecule has 2 rings (SSSR count). The predicted molar refractivity (Wildman–Crippen MR) is 87.7 cm³/mol. The molecule has 1 aromatic heterocycles. The van der Waals surface area contributed by atoms with Crippen molar-refractivity contribution in [2.45, 2.75) is 45.4 Å². The van der Waals surface area contributed by atoms with Gasteiger partial charge in [-0.05, 0) is 36.1 Å². The quantitative estimate of drug-likeness (QED) is 0.636. The van der Waals surface area contributed by atoms with E-state index in [1.54, 1.807) is 6.07 Å². The van der Waals surface area contributed by atoms with Crippen LogP contribution >= 0.6 is 11.3 Å². The largest absolute Gasteiger partial charge is 0.494 e. The number of hydrogen-bond donors (Lipinski definition) is 1. The van der Waals surface area contributed by atoms with Crippen molar-refractivity contribution in [1.82, 2.24) is 0 Å². The van der Waals surface area contributed by atoms with Gasteiger partial charge in [-0.15, -0.1) is 11.3 Å². The standard InChI is InChI=1S/C17H22O3S/c1-2-3-4-5-6-7-10-20-14-8-9-15-13(11-14)12-16(21-15)17(18)19/h8-9,11-12H,2-7,10H2,1H3,(H,18,19). The number of fused-ring (bicyclic) bond motifs is 1. The molecule has 0 saturated heterocycles. The Bertz CT molecular complexity index is 589. The first kappa shape index (κ1) is 15.8. The highest BCUT2D eigenvalue weighted by Crippen LogP contribution is 2.29. The fourth-order valence-electron chi connectivity index (χ4n) is 2.29. The molecule has 114 valence electrons. The van der Waals surface area contributed by atoms with Gasteiger partial charge in [-0.3, -0.25) is 0 Å². The van der Waals surface area contributed by atoms with Gasteiger partial charge in [0.25, 0.3) is 0 Å². The third-order valence-electron chi connectivity index (χ3n) is 3.47. The monoisotopic (exact) mass is 306 g/mol. The van der Waals surface area contributed by atoms with E-state index in [0.717, 1.165) is 28.9 Å². The molecule has 3 nitrogen and oxygen atoms in total. The zero-order valence-corrected chi connectivity index (χ0v) is 13.2. The summed E-state index contributed by atoms with van der Waals surface area (Å²) in [6, 6.07) is 7.49. The van der Waals surface area contributed by atoms with Crippen molar-refractivity contribution in [3.8, 4) is 5.75 Å². The van der Waals surface area contributed by atoms with Crippen LogP contribution in [0.3, 0.4) is 0 Å².